The number of halogens is 2. The Morgan fingerprint density at radius 2 is 1.97 bits per heavy atom. The van der Waals surface area contributed by atoms with Crippen LogP contribution in [0, 0.1) is 0 Å². The zero-order chi connectivity index (χ0) is 22.5. The van der Waals surface area contributed by atoms with E-state index in [-0.39, 0.29) is 0 Å². The number of benzene rings is 2. The normalized spacial score (nSPS) is 11.6. The third kappa shape index (κ3) is 5.13. The second-order valence-corrected chi connectivity index (χ2v) is 9.19. The van der Waals surface area contributed by atoms with Crippen molar-refractivity contribution in [2.24, 2.45) is 0 Å². The first kappa shape index (κ1) is 23.1. The van der Waals surface area contributed by atoms with E-state index in [1.807, 2.05) is 30.3 Å². The SMILES string of the molecule is COCCc1nc2c(N)nc3ccccc3c2n1CCCCNSc1ccc(Cl)cc1Cl. The topological polar surface area (TPSA) is 78.0 Å². The lowest BCUT2D eigenvalue weighted by molar-refractivity contribution is 0.199. The van der Waals surface area contributed by atoms with E-state index in [0.717, 1.165) is 65.0 Å². The third-order valence-corrected chi connectivity index (χ3v) is 6.79. The van der Waals surface area contributed by atoms with Crippen LogP contribution >= 0.6 is 35.1 Å². The Morgan fingerprint density at radius 3 is 2.78 bits per heavy atom. The van der Waals surface area contributed by atoms with Crippen molar-refractivity contribution < 1.29 is 4.74 Å². The minimum atomic E-state index is 0.467. The highest BCUT2D eigenvalue weighted by Gasteiger charge is 2.17. The fraction of sp³-hybridized carbons (Fsp3) is 0.304. The molecule has 0 atom stereocenters. The molecule has 2 aromatic heterocycles. The van der Waals surface area contributed by atoms with E-state index in [1.165, 1.54) is 11.9 Å². The van der Waals surface area contributed by atoms with Crippen molar-refractivity contribution in [3.8, 4) is 0 Å². The summed E-state index contributed by atoms with van der Waals surface area (Å²) in [5.41, 5.74) is 8.95. The lowest BCUT2D eigenvalue weighted by Gasteiger charge is -2.11. The highest BCUT2D eigenvalue weighted by molar-refractivity contribution is 7.97. The number of fused-ring (bicyclic) bond motifs is 3. The van der Waals surface area contributed by atoms with Gasteiger partial charge in [-0.05, 0) is 49.1 Å². The smallest absolute Gasteiger partial charge is 0.152 e. The maximum Gasteiger partial charge on any atom is 0.152 e. The number of hydrogen-bond donors (Lipinski definition) is 2. The summed E-state index contributed by atoms with van der Waals surface area (Å²) in [5.74, 6) is 1.44. The number of anilines is 1. The number of para-hydroxylation sites is 1. The van der Waals surface area contributed by atoms with Crippen LogP contribution in [0.15, 0.2) is 47.4 Å². The Kier molecular flexibility index (Phi) is 7.75. The Labute approximate surface area is 201 Å². The molecule has 0 unspecified atom stereocenters. The molecule has 0 saturated heterocycles. The van der Waals surface area contributed by atoms with Crippen LogP contribution in [0.1, 0.15) is 18.7 Å². The van der Waals surface area contributed by atoms with Gasteiger partial charge < -0.3 is 15.0 Å². The second-order valence-electron chi connectivity index (χ2n) is 7.41. The first-order chi connectivity index (χ1) is 15.6. The summed E-state index contributed by atoms with van der Waals surface area (Å²) in [4.78, 5) is 10.3. The zero-order valence-electron chi connectivity index (χ0n) is 17.8. The maximum absolute atomic E-state index is 6.25. The van der Waals surface area contributed by atoms with Gasteiger partial charge in [-0.1, -0.05) is 41.4 Å². The van der Waals surface area contributed by atoms with Crippen molar-refractivity contribution in [1.82, 2.24) is 19.3 Å². The van der Waals surface area contributed by atoms with Crippen LogP contribution in [0.25, 0.3) is 21.9 Å². The molecule has 0 spiro atoms. The van der Waals surface area contributed by atoms with Gasteiger partial charge in [0.15, 0.2) is 5.82 Å². The number of pyridine rings is 1. The standard InChI is InChI=1S/C23H25Cl2N5OS/c1-31-13-10-20-29-21-22(16-6-2-3-7-18(16)28-23(21)26)30(20)12-5-4-11-27-32-19-9-8-15(24)14-17(19)25/h2-3,6-9,14,27H,4-5,10-13H2,1H3,(H2,26,28). The fourth-order valence-electron chi connectivity index (χ4n) is 3.68. The molecule has 4 rings (SSSR count). The van der Waals surface area contributed by atoms with Gasteiger partial charge in [-0.3, -0.25) is 4.72 Å². The molecular formula is C23H25Cl2N5OS. The van der Waals surface area contributed by atoms with E-state index in [0.29, 0.717) is 22.5 Å². The number of aromatic nitrogens is 3. The molecule has 32 heavy (non-hydrogen) atoms. The number of imidazole rings is 1. The van der Waals surface area contributed by atoms with Crippen molar-refractivity contribution in [1.29, 1.82) is 0 Å². The van der Waals surface area contributed by atoms with Gasteiger partial charge in [-0.2, -0.15) is 0 Å². The molecule has 168 valence electrons. The number of nitrogens with two attached hydrogens (primary N) is 1. The van der Waals surface area contributed by atoms with Gasteiger partial charge in [0.2, 0.25) is 0 Å². The van der Waals surface area contributed by atoms with Crippen LogP contribution in [-0.2, 0) is 17.7 Å². The van der Waals surface area contributed by atoms with Gasteiger partial charge in [0.1, 0.15) is 11.3 Å². The molecule has 0 aliphatic heterocycles. The molecule has 0 radical (unpaired) electrons. The number of rotatable bonds is 10. The number of nitrogen functional groups attached to an aromatic ring is 1. The highest BCUT2D eigenvalue weighted by atomic mass is 35.5. The van der Waals surface area contributed by atoms with Crippen LogP contribution in [0.2, 0.25) is 10.0 Å². The minimum Gasteiger partial charge on any atom is -0.384 e. The number of methoxy groups -OCH3 is 1. The molecule has 3 N–H and O–H groups in total. The summed E-state index contributed by atoms with van der Waals surface area (Å²) in [5, 5.41) is 2.36. The van der Waals surface area contributed by atoms with Crippen molar-refractivity contribution in [3.63, 3.8) is 0 Å². The van der Waals surface area contributed by atoms with E-state index in [4.69, 9.17) is 38.7 Å². The number of hydrogen-bond acceptors (Lipinski definition) is 6. The van der Waals surface area contributed by atoms with Gasteiger partial charge in [-0.25, -0.2) is 9.97 Å². The molecule has 2 aromatic carbocycles. The van der Waals surface area contributed by atoms with E-state index in [1.54, 1.807) is 13.2 Å². The summed E-state index contributed by atoms with van der Waals surface area (Å²) in [6.07, 6.45) is 2.71. The lowest BCUT2D eigenvalue weighted by atomic mass is 10.2. The first-order valence-corrected chi connectivity index (χ1v) is 12.0. The van der Waals surface area contributed by atoms with Crippen LogP contribution in [-0.4, -0.2) is 34.8 Å². The molecule has 0 aliphatic carbocycles. The average Bonchev–Trinajstić information content (AvgIpc) is 3.15. The highest BCUT2D eigenvalue weighted by Crippen LogP contribution is 2.30. The lowest BCUT2D eigenvalue weighted by Crippen LogP contribution is -2.10. The third-order valence-electron chi connectivity index (χ3n) is 5.21. The molecule has 4 aromatic rings. The van der Waals surface area contributed by atoms with Crippen LogP contribution in [0.5, 0.6) is 0 Å². The second kappa shape index (κ2) is 10.7. The predicted octanol–water partition coefficient (Wildman–Crippen LogP) is 5.74. The fourth-order valence-corrected chi connectivity index (χ4v) is 4.90. The molecule has 0 saturated carbocycles. The Balaban J connectivity index is 1.46. The maximum atomic E-state index is 6.25. The molecule has 0 amide bonds. The number of nitrogens with zero attached hydrogens (tertiary/aromatic N) is 3. The first-order valence-electron chi connectivity index (χ1n) is 10.5. The van der Waals surface area contributed by atoms with Gasteiger partial charge in [0.05, 0.1) is 22.7 Å². The monoisotopic (exact) mass is 489 g/mol. The summed E-state index contributed by atoms with van der Waals surface area (Å²) < 4.78 is 11.0. The Bertz CT molecular complexity index is 1230. The van der Waals surface area contributed by atoms with Crippen LogP contribution in [0.3, 0.4) is 0 Å². The predicted molar refractivity (Wildman–Crippen MR) is 135 cm³/mol. The zero-order valence-corrected chi connectivity index (χ0v) is 20.1. The number of unbranched alkanes of at least 4 members (excludes halogenated alkanes) is 1. The summed E-state index contributed by atoms with van der Waals surface area (Å²) >= 11 is 13.7. The molecule has 0 bridgehead atoms. The van der Waals surface area contributed by atoms with Crippen molar-refractivity contribution in [2.45, 2.75) is 30.7 Å². The minimum absolute atomic E-state index is 0.467. The van der Waals surface area contributed by atoms with Crippen LogP contribution < -0.4 is 10.5 Å². The molecular weight excluding hydrogens is 465 g/mol. The molecule has 0 aliphatic rings. The van der Waals surface area contributed by atoms with Gasteiger partial charge >= 0.3 is 0 Å². The molecule has 6 nitrogen and oxygen atoms in total. The van der Waals surface area contributed by atoms with E-state index in [9.17, 15) is 0 Å². The van der Waals surface area contributed by atoms with Crippen molar-refractivity contribution in [2.75, 3.05) is 26.0 Å². The molecule has 0 fully saturated rings. The summed E-state index contributed by atoms with van der Waals surface area (Å²) in [7, 11) is 1.70. The Hall–Kier alpha value is -2.03. The molecule has 9 heteroatoms. The van der Waals surface area contributed by atoms with Crippen molar-refractivity contribution >= 4 is 62.9 Å². The van der Waals surface area contributed by atoms with Crippen molar-refractivity contribution in [3.05, 3.63) is 58.3 Å². The van der Waals surface area contributed by atoms with E-state index in [2.05, 4.69) is 20.3 Å². The van der Waals surface area contributed by atoms with Gasteiger partial charge in [0, 0.05) is 41.9 Å². The summed E-state index contributed by atoms with van der Waals surface area (Å²) in [6.45, 7) is 2.31. The van der Waals surface area contributed by atoms with Crippen LogP contribution in [0.4, 0.5) is 5.82 Å². The number of nitrogens with one attached hydrogen (secondary N) is 1. The van der Waals surface area contributed by atoms with Gasteiger partial charge in [-0.15, -0.1) is 0 Å². The molecule has 2 heterocycles. The average molecular weight is 490 g/mol. The largest absolute Gasteiger partial charge is 0.384 e. The quantitative estimate of drug-likeness (QED) is 0.218. The van der Waals surface area contributed by atoms with E-state index >= 15 is 0 Å². The number of aryl methyl sites for hydroxylation is 1. The Morgan fingerprint density at radius 1 is 1.12 bits per heavy atom. The van der Waals surface area contributed by atoms with E-state index < -0.39 is 0 Å². The summed E-state index contributed by atoms with van der Waals surface area (Å²) in [6, 6.07) is 13.6. The number of ether oxygens (including phenoxy) is 1. The van der Waals surface area contributed by atoms with Gasteiger partial charge in [0.25, 0.3) is 0 Å².